The summed E-state index contributed by atoms with van der Waals surface area (Å²) in [6.07, 6.45) is 13.0. The molecule has 0 saturated carbocycles. The second kappa shape index (κ2) is 8.93. The Morgan fingerprint density at radius 2 is 2.15 bits per heavy atom. The number of rotatable bonds is 6. The van der Waals surface area contributed by atoms with Gasteiger partial charge in [0.05, 0.1) is 16.5 Å². The first-order valence-electron chi connectivity index (χ1n) is 11.4. The van der Waals surface area contributed by atoms with E-state index in [2.05, 4.69) is 43.8 Å². The van der Waals surface area contributed by atoms with E-state index >= 15 is 0 Å². The summed E-state index contributed by atoms with van der Waals surface area (Å²) in [4.78, 5) is 16.9. The van der Waals surface area contributed by atoms with Crippen LogP contribution in [-0.4, -0.2) is 62.5 Å². The minimum atomic E-state index is -0.596. The fourth-order valence-electron chi connectivity index (χ4n) is 4.53. The van der Waals surface area contributed by atoms with Gasteiger partial charge < -0.3 is 29.7 Å². The van der Waals surface area contributed by atoms with Crippen LogP contribution in [0.15, 0.2) is 36.8 Å². The number of ether oxygens (including phenoxy) is 2. The van der Waals surface area contributed by atoms with Gasteiger partial charge in [0, 0.05) is 50.7 Å². The molecule has 34 heavy (non-hydrogen) atoms. The molecule has 1 fully saturated rings. The Kier molecular flexibility index (Phi) is 5.81. The van der Waals surface area contributed by atoms with Crippen molar-refractivity contribution in [2.45, 2.75) is 44.4 Å². The highest BCUT2D eigenvalue weighted by atomic mass is 16.5. The Labute approximate surface area is 197 Å². The fraction of sp³-hybridized carbons (Fsp3) is 0.417. The number of nitrogens with zero attached hydrogens (tertiary/aromatic N) is 5. The van der Waals surface area contributed by atoms with Gasteiger partial charge in [0.15, 0.2) is 0 Å². The van der Waals surface area contributed by atoms with E-state index in [1.54, 1.807) is 19.5 Å². The van der Waals surface area contributed by atoms with Crippen LogP contribution >= 0.6 is 0 Å². The van der Waals surface area contributed by atoms with E-state index in [-0.39, 0.29) is 12.1 Å². The molecule has 176 valence electrons. The molecular formula is C24H28N8O2. The van der Waals surface area contributed by atoms with Crippen LogP contribution in [0.3, 0.4) is 0 Å². The summed E-state index contributed by atoms with van der Waals surface area (Å²) in [7, 11) is 1.69. The number of aryl methyl sites for hydroxylation is 1. The van der Waals surface area contributed by atoms with Crippen molar-refractivity contribution in [3.8, 4) is 6.07 Å². The van der Waals surface area contributed by atoms with Gasteiger partial charge in [-0.2, -0.15) is 15.2 Å². The predicted octanol–water partition coefficient (Wildman–Crippen LogP) is 3.22. The monoisotopic (exact) mass is 460 g/mol. The number of nitrogens with one attached hydrogen (secondary N) is 3. The molecule has 10 nitrogen and oxygen atoms in total. The predicted molar refractivity (Wildman–Crippen MR) is 129 cm³/mol. The van der Waals surface area contributed by atoms with Gasteiger partial charge in [-0.25, -0.2) is 4.98 Å². The van der Waals surface area contributed by atoms with Crippen molar-refractivity contribution in [2.24, 2.45) is 0 Å². The topological polar surface area (TPSA) is 126 Å². The van der Waals surface area contributed by atoms with Crippen LogP contribution in [0.1, 0.15) is 31.2 Å². The van der Waals surface area contributed by atoms with Gasteiger partial charge in [0.1, 0.15) is 29.5 Å². The average molecular weight is 461 g/mol. The summed E-state index contributed by atoms with van der Waals surface area (Å²) < 4.78 is 13.3. The summed E-state index contributed by atoms with van der Waals surface area (Å²) in [5.41, 5.74) is 1.51. The van der Waals surface area contributed by atoms with Gasteiger partial charge in [-0.1, -0.05) is 6.08 Å². The molecule has 3 N–H and O–H groups in total. The first kappa shape index (κ1) is 22.1. The molecule has 2 atom stereocenters. The molecule has 1 saturated heterocycles. The third-order valence-electron chi connectivity index (χ3n) is 6.47. The number of fused-ring (bicyclic) bond motifs is 1. The number of hydrogen-bond acceptors (Lipinski definition) is 8. The Morgan fingerprint density at radius 1 is 1.32 bits per heavy atom. The number of imidazole rings is 1. The van der Waals surface area contributed by atoms with Crippen LogP contribution in [0, 0.1) is 18.3 Å². The summed E-state index contributed by atoms with van der Waals surface area (Å²) >= 11 is 0. The third-order valence-corrected chi connectivity index (χ3v) is 6.47. The molecule has 2 aliphatic rings. The van der Waals surface area contributed by atoms with Crippen molar-refractivity contribution < 1.29 is 9.47 Å². The molecule has 0 bridgehead atoms. The standard InChI is InChI=1S/C24H28N8O2/c1-15-26-8-9-32(15)18-4-7-24(2,19(12-18)33-3)31-23-29-21-20(16(13-25)14-27-21)22(30-23)28-17-5-10-34-11-6-17/h4,7-9,12,14,17,19H,5-6,10-11H2,1-3H3,(H3,27,28,29,30,31). The van der Waals surface area contributed by atoms with Gasteiger partial charge >= 0.3 is 0 Å². The summed E-state index contributed by atoms with van der Waals surface area (Å²) in [6, 6.07) is 2.46. The van der Waals surface area contributed by atoms with E-state index in [1.165, 1.54) is 0 Å². The number of hydrogen-bond donors (Lipinski definition) is 3. The lowest BCUT2D eigenvalue weighted by Gasteiger charge is -2.36. The first-order chi connectivity index (χ1) is 16.5. The van der Waals surface area contributed by atoms with Gasteiger partial charge in [-0.15, -0.1) is 0 Å². The smallest absolute Gasteiger partial charge is 0.227 e. The first-order valence-corrected chi connectivity index (χ1v) is 11.4. The molecule has 0 aromatic carbocycles. The highest BCUT2D eigenvalue weighted by molar-refractivity contribution is 5.93. The zero-order valence-corrected chi connectivity index (χ0v) is 19.5. The van der Waals surface area contributed by atoms with Gasteiger partial charge in [-0.3, -0.25) is 0 Å². The van der Waals surface area contributed by atoms with Crippen molar-refractivity contribution in [1.82, 2.24) is 24.5 Å². The molecule has 3 aromatic rings. The lowest BCUT2D eigenvalue weighted by Crippen LogP contribution is -2.47. The lowest BCUT2D eigenvalue weighted by molar-refractivity contribution is 0.0904. The highest BCUT2D eigenvalue weighted by Crippen LogP contribution is 2.32. The van der Waals surface area contributed by atoms with E-state index in [0.717, 1.165) is 24.4 Å². The maximum atomic E-state index is 9.59. The van der Waals surface area contributed by atoms with E-state index in [9.17, 15) is 5.26 Å². The zero-order valence-electron chi connectivity index (χ0n) is 19.5. The van der Waals surface area contributed by atoms with Crippen molar-refractivity contribution in [1.29, 1.82) is 5.26 Å². The Morgan fingerprint density at radius 3 is 2.85 bits per heavy atom. The lowest BCUT2D eigenvalue weighted by atomic mass is 9.89. The average Bonchev–Trinajstić information content (AvgIpc) is 3.46. The van der Waals surface area contributed by atoms with Crippen LogP contribution < -0.4 is 10.6 Å². The Bertz CT molecular complexity index is 1290. The molecule has 1 aliphatic heterocycles. The Balaban J connectivity index is 1.47. The number of nitriles is 1. The minimum Gasteiger partial charge on any atom is -0.381 e. The maximum absolute atomic E-state index is 9.59. The van der Waals surface area contributed by atoms with Crippen LogP contribution in [0.25, 0.3) is 16.7 Å². The minimum absolute atomic E-state index is 0.224. The molecule has 4 heterocycles. The van der Waals surface area contributed by atoms with E-state index in [4.69, 9.17) is 14.5 Å². The largest absolute Gasteiger partial charge is 0.381 e. The van der Waals surface area contributed by atoms with Crippen molar-refractivity contribution in [2.75, 3.05) is 31.0 Å². The van der Waals surface area contributed by atoms with Crippen molar-refractivity contribution in [3.05, 3.63) is 48.2 Å². The summed E-state index contributed by atoms with van der Waals surface area (Å²) in [5, 5.41) is 17.3. The van der Waals surface area contributed by atoms with Crippen LogP contribution in [0.5, 0.6) is 0 Å². The van der Waals surface area contributed by atoms with Crippen LogP contribution in [-0.2, 0) is 9.47 Å². The number of methoxy groups -OCH3 is 1. The highest BCUT2D eigenvalue weighted by Gasteiger charge is 2.35. The molecule has 1 aliphatic carbocycles. The second-order valence-corrected chi connectivity index (χ2v) is 8.80. The number of H-pyrrole nitrogens is 1. The van der Waals surface area contributed by atoms with Crippen LogP contribution in [0.2, 0.25) is 0 Å². The number of aromatic nitrogens is 5. The van der Waals surface area contributed by atoms with E-state index in [1.807, 2.05) is 30.7 Å². The molecule has 10 heteroatoms. The zero-order chi connectivity index (χ0) is 23.7. The van der Waals surface area contributed by atoms with E-state index < -0.39 is 5.54 Å². The second-order valence-electron chi connectivity index (χ2n) is 8.80. The third kappa shape index (κ3) is 4.04. The molecule has 0 spiro atoms. The van der Waals surface area contributed by atoms with Gasteiger partial charge in [0.2, 0.25) is 5.95 Å². The fourth-order valence-corrected chi connectivity index (χ4v) is 4.53. The maximum Gasteiger partial charge on any atom is 0.227 e. The van der Waals surface area contributed by atoms with Crippen molar-refractivity contribution >= 4 is 28.5 Å². The molecule has 2 unspecified atom stereocenters. The van der Waals surface area contributed by atoms with Gasteiger partial charge in [-0.05, 0) is 38.8 Å². The summed E-state index contributed by atoms with van der Waals surface area (Å²) in [6.45, 7) is 5.42. The SMILES string of the molecule is COC1C=C(n2ccnc2C)C=CC1(C)Nc1nc(NC2CCOCC2)c2c(C#N)c[nH]c2n1. The number of aromatic amines is 1. The van der Waals surface area contributed by atoms with Crippen molar-refractivity contribution in [3.63, 3.8) is 0 Å². The summed E-state index contributed by atoms with van der Waals surface area (Å²) in [5.74, 6) is 1.98. The van der Waals surface area contributed by atoms with E-state index in [0.29, 0.717) is 41.6 Å². The molecule has 3 aromatic heterocycles. The number of allylic oxidation sites excluding steroid dienone is 2. The Hall–Kier alpha value is -3.68. The molecule has 0 radical (unpaired) electrons. The van der Waals surface area contributed by atoms with Crippen LogP contribution in [0.4, 0.5) is 11.8 Å². The molecular weight excluding hydrogens is 432 g/mol. The van der Waals surface area contributed by atoms with Gasteiger partial charge in [0.25, 0.3) is 0 Å². The molecule has 0 amide bonds. The quantitative estimate of drug-likeness (QED) is 0.512. The normalized spacial score (nSPS) is 23.0. The molecule has 5 rings (SSSR count). The number of anilines is 2.